The van der Waals surface area contributed by atoms with Crippen molar-refractivity contribution in [3.63, 3.8) is 0 Å². The van der Waals surface area contributed by atoms with Crippen molar-refractivity contribution in [1.82, 2.24) is 10.2 Å². The van der Waals surface area contributed by atoms with Crippen molar-refractivity contribution in [2.45, 2.75) is 46.6 Å². The van der Waals surface area contributed by atoms with Crippen LogP contribution in [0.4, 0.5) is 5.82 Å². The van der Waals surface area contributed by atoms with Gasteiger partial charge in [-0.2, -0.15) is 5.10 Å². The maximum absolute atomic E-state index is 12.4. The molecule has 1 aromatic heterocycles. The third-order valence-corrected chi connectivity index (χ3v) is 4.78. The molecule has 0 radical (unpaired) electrons. The normalized spacial score (nSPS) is 30.1. The summed E-state index contributed by atoms with van der Waals surface area (Å²) in [5, 5.41) is 9.78. The number of aryl methyl sites for hydroxylation is 1. The molecule has 0 bridgehead atoms. The minimum Gasteiger partial charge on any atom is -0.327 e. The Balaban J connectivity index is 2.10. The number of hydrogen-bond donors (Lipinski definition) is 3. The van der Waals surface area contributed by atoms with E-state index in [-0.39, 0.29) is 23.3 Å². The SMILES string of the molecule is Cc1cc(NC(=O)C2CCC(N)C(C)C2(C)C)n[nH]1. The van der Waals surface area contributed by atoms with E-state index < -0.39 is 0 Å². The number of nitrogens with zero attached hydrogens (tertiary/aromatic N) is 1. The molecular weight excluding hydrogens is 240 g/mol. The first-order chi connectivity index (χ1) is 8.82. The number of H-pyrrole nitrogens is 1. The quantitative estimate of drug-likeness (QED) is 0.764. The van der Waals surface area contributed by atoms with Gasteiger partial charge in [0.05, 0.1) is 0 Å². The predicted molar refractivity (Wildman–Crippen MR) is 75.6 cm³/mol. The Hall–Kier alpha value is -1.36. The van der Waals surface area contributed by atoms with Crippen molar-refractivity contribution < 1.29 is 4.79 Å². The number of carbonyl (C=O) groups is 1. The zero-order valence-electron chi connectivity index (χ0n) is 12.2. The summed E-state index contributed by atoms with van der Waals surface area (Å²) in [6, 6.07) is 2.02. The fourth-order valence-corrected chi connectivity index (χ4v) is 3.01. The molecule has 3 atom stereocenters. The van der Waals surface area contributed by atoms with Crippen LogP contribution >= 0.6 is 0 Å². The lowest BCUT2D eigenvalue weighted by Crippen LogP contribution is -2.50. The molecule has 19 heavy (non-hydrogen) atoms. The van der Waals surface area contributed by atoms with Crippen LogP contribution in [0.1, 0.15) is 39.3 Å². The van der Waals surface area contributed by atoms with Crippen LogP contribution < -0.4 is 11.1 Å². The molecule has 3 unspecified atom stereocenters. The highest BCUT2D eigenvalue weighted by molar-refractivity contribution is 5.92. The number of aromatic nitrogens is 2. The molecule has 1 aliphatic carbocycles. The van der Waals surface area contributed by atoms with Crippen LogP contribution in [-0.2, 0) is 4.79 Å². The molecule has 1 fully saturated rings. The maximum atomic E-state index is 12.4. The van der Waals surface area contributed by atoms with Gasteiger partial charge in [-0.1, -0.05) is 20.8 Å². The highest BCUT2D eigenvalue weighted by Crippen LogP contribution is 2.44. The highest BCUT2D eigenvalue weighted by Gasteiger charge is 2.45. The van der Waals surface area contributed by atoms with E-state index in [1.54, 1.807) is 0 Å². The summed E-state index contributed by atoms with van der Waals surface area (Å²) in [5.41, 5.74) is 6.97. The molecule has 106 valence electrons. The minimum atomic E-state index is -0.0902. The van der Waals surface area contributed by atoms with Crippen LogP contribution in [0.3, 0.4) is 0 Å². The van der Waals surface area contributed by atoms with E-state index in [4.69, 9.17) is 5.73 Å². The first-order valence-electron chi connectivity index (χ1n) is 6.91. The summed E-state index contributed by atoms with van der Waals surface area (Å²) >= 11 is 0. The van der Waals surface area contributed by atoms with Crippen molar-refractivity contribution in [3.8, 4) is 0 Å². The summed E-state index contributed by atoms with van der Waals surface area (Å²) in [6.07, 6.45) is 1.75. The van der Waals surface area contributed by atoms with Gasteiger partial charge >= 0.3 is 0 Å². The number of nitrogens with one attached hydrogen (secondary N) is 2. The van der Waals surface area contributed by atoms with Crippen molar-refractivity contribution in [2.24, 2.45) is 23.0 Å². The number of nitrogens with two attached hydrogens (primary N) is 1. The average Bonchev–Trinajstić information content (AvgIpc) is 2.71. The Morgan fingerprint density at radius 2 is 2.21 bits per heavy atom. The monoisotopic (exact) mass is 264 g/mol. The number of carbonyl (C=O) groups excluding carboxylic acids is 1. The Bertz CT molecular complexity index is 466. The lowest BCUT2D eigenvalue weighted by atomic mass is 9.61. The first-order valence-corrected chi connectivity index (χ1v) is 6.91. The van der Waals surface area contributed by atoms with Gasteiger partial charge in [-0.25, -0.2) is 0 Å². The molecule has 4 N–H and O–H groups in total. The van der Waals surface area contributed by atoms with Crippen LogP contribution in [0, 0.1) is 24.2 Å². The van der Waals surface area contributed by atoms with E-state index >= 15 is 0 Å². The molecule has 2 rings (SSSR count). The Labute approximate surface area is 114 Å². The molecule has 1 aliphatic rings. The molecule has 1 heterocycles. The standard InChI is InChI=1S/C14H24N4O/c1-8-7-12(18-17-8)16-13(19)10-5-6-11(15)9(2)14(10,3)4/h7,9-11H,5-6,15H2,1-4H3,(H2,16,17,18,19). The van der Waals surface area contributed by atoms with Crippen molar-refractivity contribution >= 4 is 11.7 Å². The van der Waals surface area contributed by atoms with Crippen molar-refractivity contribution in [2.75, 3.05) is 5.32 Å². The third kappa shape index (κ3) is 2.66. The van der Waals surface area contributed by atoms with Crippen LogP contribution in [0.5, 0.6) is 0 Å². The smallest absolute Gasteiger partial charge is 0.229 e. The summed E-state index contributed by atoms with van der Waals surface area (Å²) < 4.78 is 0. The van der Waals surface area contributed by atoms with E-state index in [9.17, 15) is 4.79 Å². The lowest BCUT2D eigenvalue weighted by Gasteiger charge is -2.45. The van der Waals surface area contributed by atoms with E-state index in [0.717, 1.165) is 18.5 Å². The second-order valence-corrected chi connectivity index (χ2v) is 6.33. The minimum absolute atomic E-state index is 0.0145. The molecule has 1 aromatic rings. The lowest BCUT2D eigenvalue weighted by molar-refractivity contribution is -0.127. The van der Waals surface area contributed by atoms with Gasteiger partial charge in [-0.3, -0.25) is 9.89 Å². The maximum Gasteiger partial charge on any atom is 0.229 e. The van der Waals surface area contributed by atoms with Crippen molar-refractivity contribution in [3.05, 3.63) is 11.8 Å². The number of aromatic amines is 1. The highest BCUT2D eigenvalue weighted by atomic mass is 16.2. The number of rotatable bonds is 2. The van der Waals surface area contributed by atoms with E-state index in [0.29, 0.717) is 11.7 Å². The molecule has 1 amide bonds. The fourth-order valence-electron chi connectivity index (χ4n) is 3.01. The van der Waals surface area contributed by atoms with E-state index in [1.165, 1.54) is 0 Å². The van der Waals surface area contributed by atoms with Gasteiger partial charge in [-0.05, 0) is 31.1 Å². The van der Waals surface area contributed by atoms with Crippen LogP contribution in [0.2, 0.25) is 0 Å². The Kier molecular flexibility index (Phi) is 3.67. The third-order valence-electron chi connectivity index (χ3n) is 4.78. The molecular formula is C14H24N4O. The molecule has 5 heteroatoms. The van der Waals surface area contributed by atoms with Gasteiger partial charge in [0.1, 0.15) is 0 Å². The fraction of sp³-hybridized carbons (Fsp3) is 0.714. The largest absolute Gasteiger partial charge is 0.327 e. The van der Waals surface area contributed by atoms with Crippen LogP contribution in [-0.4, -0.2) is 22.1 Å². The van der Waals surface area contributed by atoms with E-state index in [1.807, 2.05) is 13.0 Å². The molecule has 0 spiro atoms. The number of hydrogen-bond acceptors (Lipinski definition) is 3. The zero-order valence-corrected chi connectivity index (χ0v) is 12.2. The van der Waals surface area contributed by atoms with Gasteiger partial charge in [-0.15, -0.1) is 0 Å². The Morgan fingerprint density at radius 1 is 1.53 bits per heavy atom. The second kappa shape index (κ2) is 4.96. The first kappa shape index (κ1) is 14.1. The summed E-state index contributed by atoms with van der Waals surface area (Å²) in [7, 11) is 0. The van der Waals surface area contributed by atoms with Gasteiger partial charge in [0.25, 0.3) is 0 Å². The van der Waals surface area contributed by atoms with Gasteiger partial charge in [0.15, 0.2) is 5.82 Å². The topological polar surface area (TPSA) is 83.8 Å². The molecule has 1 saturated carbocycles. The van der Waals surface area contributed by atoms with Gasteiger partial charge in [0, 0.05) is 23.7 Å². The number of amides is 1. The van der Waals surface area contributed by atoms with Gasteiger partial charge in [0.2, 0.25) is 5.91 Å². The summed E-state index contributed by atoms with van der Waals surface area (Å²) in [6.45, 7) is 8.32. The van der Waals surface area contributed by atoms with Gasteiger partial charge < -0.3 is 11.1 Å². The second-order valence-electron chi connectivity index (χ2n) is 6.33. The molecule has 0 saturated heterocycles. The molecule has 0 aromatic carbocycles. The average molecular weight is 264 g/mol. The van der Waals surface area contributed by atoms with Crippen LogP contribution in [0.15, 0.2) is 6.07 Å². The molecule has 5 nitrogen and oxygen atoms in total. The molecule has 0 aliphatic heterocycles. The summed E-state index contributed by atoms with van der Waals surface area (Å²) in [5.74, 6) is 0.966. The predicted octanol–water partition coefficient (Wildman–Crippen LogP) is 2.06. The number of anilines is 1. The van der Waals surface area contributed by atoms with Crippen molar-refractivity contribution in [1.29, 1.82) is 0 Å². The summed E-state index contributed by atoms with van der Waals surface area (Å²) in [4.78, 5) is 12.4. The van der Waals surface area contributed by atoms with Crippen LogP contribution in [0.25, 0.3) is 0 Å². The zero-order chi connectivity index (χ0) is 14.2. The van der Waals surface area contributed by atoms with E-state index in [2.05, 4.69) is 36.3 Å². The Morgan fingerprint density at radius 3 is 2.79 bits per heavy atom.